The number of para-hydroxylation sites is 1. The van der Waals surface area contributed by atoms with Crippen LogP contribution in [0.4, 0.5) is 5.82 Å². The fourth-order valence-corrected chi connectivity index (χ4v) is 4.79. The normalized spacial score (nSPS) is 15.9. The van der Waals surface area contributed by atoms with Crippen LogP contribution in [-0.2, 0) is 11.3 Å². The number of anilines is 1. The smallest absolute Gasteiger partial charge is 0.257 e. The first-order valence-electron chi connectivity index (χ1n) is 11.9. The number of carbonyl (C=O) groups is 1. The van der Waals surface area contributed by atoms with Crippen molar-refractivity contribution in [3.05, 3.63) is 64.7 Å². The van der Waals surface area contributed by atoms with Crippen molar-refractivity contribution in [2.45, 2.75) is 19.4 Å². The summed E-state index contributed by atoms with van der Waals surface area (Å²) in [6.45, 7) is 2.91. The molecule has 1 aromatic heterocycles. The summed E-state index contributed by atoms with van der Waals surface area (Å²) in [5.41, 5.74) is 2.26. The van der Waals surface area contributed by atoms with E-state index < -0.39 is 0 Å². The number of aliphatic hydroxyl groups excluding tert-OH is 1. The van der Waals surface area contributed by atoms with Crippen LogP contribution in [0.2, 0.25) is 5.02 Å². The molecule has 7 nitrogen and oxygen atoms in total. The molecule has 35 heavy (non-hydrogen) atoms. The number of hydrogen-bond donors (Lipinski definition) is 1. The van der Waals surface area contributed by atoms with Gasteiger partial charge in [-0.2, -0.15) is 0 Å². The summed E-state index contributed by atoms with van der Waals surface area (Å²) in [7, 11) is 3.19. The summed E-state index contributed by atoms with van der Waals surface area (Å²) < 4.78 is 10.8. The maximum Gasteiger partial charge on any atom is 0.257 e. The molecule has 0 bridgehead atoms. The van der Waals surface area contributed by atoms with Crippen molar-refractivity contribution in [2.75, 3.05) is 52.0 Å². The minimum atomic E-state index is -0.131. The van der Waals surface area contributed by atoms with Crippen LogP contribution in [0.1, 0.15) is 28.8 Å². The van der Waals surface area contributed by atoms with Crippen molar-refractivity contribution in [1.29, 1.82) is 0 Å². The number of rotatable bonds is 9. The van der Waals surface area contributed by atoms with Crippen molar-refractivity contribution < 1.29 is 19.4 Å². The summed E-state index contributed by atoms with van der Waals surface area (Å²) >= 11 is 6.26. The van der Waals surface area contributed by atoms with Crippen LogP contribution < -0.4 is 9.64 Å². The Kier molecular flexibility index (Phi) is 8.44. The number of pyridine rings is 1. The second kappa shape index (κ2) is 11.7. The minimum absolute atomic E-state index is 0.131. The third-order valence-electron chi connectivity index (χ3n) is 6.46. The lowest BCUT2D eigenvalue weighted by Gasteiger charge is -2.35. The molecule has 3 aromatic rings. The number of amides is 1. The molecular formula is C27H32ClN3O4. The van der Waals surface area contributed by atoms with Crippen LogP contribution in [0.3, 0.4) is 0 Å². The minimum Gasteiger partial charge on any atom is -0.496 e. The molecule has 1 saturated heterocycles. The average molecular weight is 498 g/mol. The first-order chi connectivity index (χ1) is 17.0. The fourth-order valence-electron chi connectivity index (χ4n) is 4.62. The molecule has 4 rings (SSSR count). The van der Waals surface area contributed by atoms with Crippen molar-refractivity contribution in [3.63, 3.8) is 0 Å². The average Bonchev–Trinajstić information content (AvgIpc) is 2.90. The first kappa shape index (κ1) is 25.2. The van der Waals surface area contributed by atoms with Crippen molar-refractivity contribution in [2.24, 2.45) is 5.92 Å². The second-order valence-electron chi connectivity index (χ2n) is 8.86. The lowest BCUT2D eigenvalue weighted by molar-refractivity contribution is 0.0677. The van der Waals surface area contributed by atoms with E-state index in [2.05, 4.69) is 11.0 Å². The first-order valence-corrected chi connectivity index (χ1v) is 12.3. The highest BCUT2D eigenvalue weighted by atomic mass is 35.5. The van der Waals surface area contributed by atoms with Gasteiger partial charge in [0.05, 0.1) is 24.8 Å². The molecule has 0 spiro atoms. The molecule has 1 atom stereocenters. The highest BCUT2D eigenvalue weighted by Crippen LogP contribution is 2.31. The monoisotopic (exact) mass is 497 g/mol. The van der Waals surface area contributed by atoms with E-state index in [-0.39, 0.29) is 18.4 Å². The van der Waals surface area contributed by atoms with Crippen LogP contribution in [0, 0.1) is 5.92 Å². The van der Waals surface area contributed by atoms with E-state index in [1.165, 1.54) is 0 Å². The van der Waals surface area contributed by atoms with Gasteiger partial charge in [-0.15, -0.1) is 0 Å². The number of fused-ring (bicyclic) bond motifs is 1. The molecule has 8 heteroatoms. The summed E-state index contributed by atoms with van der Waals surface area (Å²) in [5.74, 6) is 1.43. The van der Waals surface area contributed by atoms with Crippen molar-refractivity contribution in [3.8, 4) is 5.75 Å². The number of hydrogen-bond acceptors (Lipinski definition) is 6. The lowest BCUT2D eigenvalue weighted by atomic mass is 9.98. The predicted octanol–water partition coefficient (Wildman–Crippen LogP) is 4.39. The number of halogens is 1. The molecule has 1 aliphatic rings. The number of piperidine rings is 1. The topological polar surface area (TPSA) is 75.1 Å². The molecule has 186 valence electrons. The Hall–Kier alpha value is -2.87. The number of aliphatic hydroxyl groups is 1. The van der Waals surface area contributed by atoms with Crippen LogP contribution >= 0.6 is 11.6 Å². The predicted molar refractivity (Wildman–Crippen MR) is 138 cm³/mol. The van der Waals surface area contributed by atoms with Gasteiger partial charge in [0, 0.05) is 55.9 Å². The van der Waals surface area contributed by atoms with Crippen molar-refractivity contribution >= 4 is 34.2 Å². The molecule has 0 aliphatic carbocycles. The zero-order chi connectivity index (χ0) is 24.8. The molecule has 0 saturated carbocycles. The Morgan fingerprint density at radius 2 is 2.06 bits per heavy atom. The number of nitrogens with zero attached hydrogens (tertiary/aromatic N) is 3. The van der Waals surface area contributed by atoms with Gasteiger partial charge in [0.15, 0.2) is 0 Å². The molecule has 1 fully saturated rings. The standard InChI is InChI=1S/C27H32ClN3O4/c1-34-13-12-31(27(33)23-7-3-4-8-25(23)35-2)17-21-14-20-9-10-22(28)15-24(20)29-26(21)30-11-5-6-19(16-30)18-32/h3-4,7-10,14-15,19,32H,5-6,11-13,16-18H2,1-2H3/t19-/m1/s1. The molecule has 1 N–H and O–H groups in total. The van der Waals surface area contributed by atoms with E-state index in [4.69, 9.17) is 26.1 Å². The van der Waals surface area contributed by atoms with Gasteiger partial charge in [0.2, 0.25) is 0 Å². The van der Waals surface area contributed by atoms with Gasteiger partial charge in [-0.05, 0) is 49.1 Å². The van der Waals surface area contributed by atoms with Crippen LogP contribution in [0.5, 0.6) is 5.75 Å². The summed E-state index contributed by atoms with van der Waals surface area (Å²) in [4.78, 5) is 22.6. The lowest BCUT2D eigenvalue weighted by Crippen LogP contribution is -2.39. The largest absolute Gasteiger partial charge is 0.496 e. The molecule has 0 unspecified atom stereocenters. The van der Waals surface area contributed by atoms with Gasteiger partial charge >= 0.3 is 0 Å². The van der Waals surface area contributed by atoms with E-state index in [9.17, 15) is 9.90 Å². The molecule has 0 radical (unpaired) electrons. The SMILES string of the molecule is COCCN(Cc1cc2ccc(Cl)cc2nc1N1CCC[C@@H](CO)C1)C(=O)c1ccccc1OC. The third kappa shape index (κ3) is 5.86. The van der Waals surface area contributed by atoms with E-state index in [1.54, 1.807) is 31.3 Å². The number of ether oxygens (including phenoxy) is 2. The van der Waals surface area contributed by atoms with Crippen molar-refractivity contribution in [1.82, 2.24) is 9.88 Å². The number of aromatic nitrogens is 1. The molecule has 1 amide bonds. The molecule has 1 aliphatic heterocycles. The van der Waals surface area contributed by atoms with Crippen LogP contribution in [0.25, 0.3) is 10.9 Å². The zero-order valence-corrected chi connectivity index (χ0v) is 21.0. The van der Waals surface area contributed by atoms with E-state index in [1.807, 2.05) is 30.3 Å². The third-order valence-corrected chi connectivity index (χ3v) is 6.70. The Morgan fingerprint density at radius 3 is 2.83 bits per heavy atom. The van der Waals surface area contributed by atoms with Gasteiger partial charge in [-0.3, -0.25) is 4.79 Å². The summed E-state index contributed by atoms with van der Waals surface area (Å²) in [5, 5.41) is 11.4. The quantitative estimate of drug-likeness (QED) is 0.472. The highest BCUT2D eigenvalue weighted by Gasteiger charge is 2.26. The Balaban J connectivity index is 1.74. The summed E-state index contributed by atoms with van der Waals surface area (Å²) in [6, 6.07) is 15.0. The van der Waals surface area contributed by atoms with Gasteiger partial charge in [0.25, 0.3) is 5.91 Å². The zero-order valence-electron chi connectivity index (χ0n) is 20.2. The Bertz CT molecular complexity index is 1170. The fraction of sp³-hybridized carbons (Fsp3) is 0.407. The second-order valence-corrected chi connectivity index (χ2v) is 9.30. The van der Waals surface area contributed by atoms with Gasteiger partial charge in [-0.25, -0.2) is 4.98 Å². The van der Waals surface area contributed by atoms with E-state index >= 15 is 0 Å². The Morgan fingerprint density at radius 1 is 1.23 bits per heavy atom. The number of methoxy groups -OCH3 is 2. The number of benzene rings is 2. The van der Waals surface area contributed by atoms with E-state index in [0.717, 1.165) is 48.2 Å². The van der Waals surface area contributed by atoms with Crippen LogP contribution in [0.15, 0.2) is 48.5 Å². The Labute approximate surface area is 211 Å². The summed E-state index contributed by atoms with van der Waals surface area (Å²) in [6.07, 6.45) is 1.97. The highest BCUT2D eigenvalue weighted by molar-refractivity contribution is 6.31. The van der Waals surface area contributed by atoms with Crippen LogP contribution in [-0.4, -0.2) is 68.0 Å². The molecule has 2 heterocycles. The van der Waals surface area contributed by atoms with Gasteiger partial charge in [-0.1, -0.05) is 29.8 Å². The maximum atomic E-state index is 13.6. The maximum absolute atomic E-state index is 13.6. The molecule has 2 aromatic carbocycles. The van der Waals surface area contributed by atoms with E-state index in [0.29, 0.717) is 36.0 Å². The molecular weight excluding hydrogens is 466 g/mol. The van der Waals surface area contributed by atoms with Gasteiger partial charge in [0.1, 0.15) is 11.6 Å². The number of carbonyl (C=O) groups excluding carboxylic acids is 1. The van der Waals surface area contributed by atoms with Gasteiger partial charge < -0.3 is 24.4 Å².